The van der Waals surface area contributed by atoms with Crippen LogP contribution >= 0.6 is 0 Å². The predicted molar refractivity (Wildman–Crippen MR) is 65.1 cm³/mol. The molecule has 1 unspecified atom stereocenters. The van der Waals surface area contributed by atoms with Crippen molar-refractivity contribution in [3.8, 4) is 0 Å². The van der Waals surface area contributed by atoms with Gasteiger partial charge in [0, 0.05) is 0 Å². The number of aryl methyl sites for hydroxylation is 1. The van der Waals surface area contributed by atoms with Gasteiger partial charge in [0.1, 0.15) is 0 Å². The van der Waals surface area contributed by atoms with Gasteiger partial charge in [-0.25, -0.2) is 0 Å². The van der Waals surface area contributed by atoms with Crippen molar-refractivity contribution >= 4 is 10.8 Å². The highest BCUT2D eigenvalue weighted by Gasteiger charge is 2.16. The molecule has 0 saturated heterocycles. The Morgan fingerprint density at radius 1 is 1.07 bits per heavy atom. The van der Waals surface area contributed by atoms with E-state index in [2.05, 4.69) is 43.3 Å². The minimum Gasteiger partial charge on any atom is -0.0622 e. The number of rotatable bonds is 0. The molecule has 2 aromatic carbocycles. The molecule has 1 aliphatic rings. The molecule has 0 aromatic heterocycles. The third kappa shape index (κ3) is 1.45. The van der Waals surface area contributed by atoms with E-state index in [0.717, 1.165) is 5.92 Å². The predicted octanol–water partition coefficient (Wildman–Crippen LogP) is 3.96. The molecular formula is C15H16. The van der Waals surface area contributed by atoms with E-state index in [0.29, 0.717) is 0 Å². The zero-order valence-electron chi connectivity index (χ0n) is 9.16. The standard InChI is InChI=1S/C15H16/c1-11-6-9-15-13(10-11)8-7-12-4-2-3-5-14(12)15/h2-5,7-8,11H,6,9-10H2,1H3. The van der Waals surface area contributed by atoms with Crippen LogP contribution in [-0.4, -0.2) is 0 Å². The van der Waals surface area contributed by atoms with Crippen LogP contribution in [0.1, 0.15) is 24.5 Å². The molecule has 0 radical (unpaired) electrons. The van der Waals surface area contributed by atoms with E-state index >= 15 is 0 Å². The molecule has 1 atom stereocenters. The van der Waals surface area contributed by atoms with Gasteiger partial charge < -0.3 is 0 Å². The Morgan fingerprint density at radius 2 is 1.93 bits per heavy atom. The summed E-state index contributed by atoms with van der Waals surface area (Å²) in [4.78, 5) is 0. The number of hydrogen-bond donors (Lipinski definition) is 0. The maximum absolute atomic E-state index is 2.36. The first kappa shape index (κ1) is 8.96. The van der Waals surface area contributed by atoms with Gasteiger partial charge in [0.2, 0.25) is 0 Å². The summed E-state index contributed by atoms with van der Waals surface area (Å²) < 4.78 is 0. The maximum atomic E-state index is 2.36. The second-order valence-electron chi connectivity index (χ2n) is 4.77. The number of hydrogen-bond acceptors (Lipinski definition) is 0. The number of fused-ring (bicyclic) bond motifs is 3. The van der Waals surface area contributed by atoms with Crippen LogP contribution in [0, 0.1) is 5.92 Å². The summed E-state index contributed by atoms with van der Waals surface area (Å²) in [5, 5.41) is 2.87. The van der Waals surface area contributed by atoms with E-state index in [1.165, 1.54) is 30.0 Å². The van der Waals surface area contributed by atoms with Crippen molar-refractivity contribution in [3.63, 3.8) is 0 Å². The average Bonchev–Trinajstić information content (AvgIpc) is 2.28. The van der Waals surface area contributed by atoms with Gasteiger partial charge >= 0.3 is 0 Å². The van der Waals surface area contributed by atoms with Gasteiger partial charge in [-0.2, -0.15) is 0 Å². The van der Waals surface area contributed by atoms with Crippen LogP contribution in [0.15, 0.2) is 36.4 Å². The summed E-state index contributed by atoms with van der Waals surface area (Å²) in [6.45, 7) is 2.36. The zero-order chi connectivity index (χ0) is 10.3. The van der Waals surface area contributed by atoms with E-state index < -0.39 is 0 Å². The minimum absolute atomic E-state index is 0.860. The SMILES string of the molecule is CC1CCc2c(ccc3ccccc23)C1. The van der Waals surface area contributed by atoms with Crippen molar-refractivity contribution in [2.24, 2.45) is 5.92 Å². The van der Waals surface area contributed by atoms with E-state index in [-0.39, 0.29) is 0 Å². The Bertz CT molecular complexity index is 496. The number of benzene rings is 2. The van der Waals surface area contributed by atoms with Crippen LogP contribution in [0.5, 0.6) is 0 Å². The van der Waals surface area contributed by atoms with Crippen molar-refractivity contribution < 1.29 is 0 Å². The van der Waals surface area contributed by atoms with Crippen LogP contribution in [0.4, 0.5) is 0 Å². The van der Waals surface area contributed by atoms with Crippen molar-refractivity contribution in [2.75, 3.05) is 0 Å². The first-order valence-corrected chi connectivity index (χ1v) is 5.84. The second-order valence-corrected chi connectivity index (χ2v) is 4.77. The van der Waals surface area contributed by atoms with E-state index in [1.807, 2.05) is 0 Å². The van der Waals surface area contributed by atoms with Crippen molar-refractivity contribution in [1.29, 1.82) is 0 Å². The van der Waals surface area contributed by atoms with Gasteiger partial charge in [0.25, 0.3) is 0 Å². The van der Waals surface area contributed by atoms with Gasteiger partial charge in [-0.05, 0) is 47.1 Å². The van der Waals surface area contributed by atoms with Crippen LogP contribution in [-0.2, 0) is 12.8 Å². The molecule has 3 rings (SSSR count). The van der Waals surface area contributed by atoms with E-state index in [4.69, 9.17) is 0 Å². The van der Waals surface area contributed by atoms with Gasteiger partial charge in [-0.3, -0.25) is 0 Å². The lowest BCUT2D eigenvalue weighted by molar-refractivity contribution is 0.503. The maximum Gasteiger partial charge on any atom is -0.0149 e. The summed E-state index contributed by atoms with van der Waals surface area (Å²) in [5.74, 6) is 0.860. The smallest absolute Gasteiger partial charge is 0.0149 e. The quantitative estimate of drug-likeness (QED) is 0.598. The molecule has 0 fully saturated rings. The lowest BCUT2D eigenvalue weighted by Gasteiger charge is -2.22. The van der Waals surface area contributed by atoms with Crippen molar-refractivity contribution in [2.45, 2.75) is 26.2 Å². The Hall–Kier alpha value is -1.30. The molecule has 0 saturated carbocycles. The molecular weight excluding hydrogens is 180 g/mol. The first-order valence-electron chi connectivity index (χ1n) is 5.84. The first-order chi connectivity index (χ1) is 7.34. The molecule has 0 nitrogen and oxygen atoms in total. The van der Waals surface area contributed by atoms with Crippen LogP contribution < -0.4 is 0 Å². The lowest BCUT2D eigenvalue weighted by Crippen LogP contribution is -2.11. The Morgan fingerprint density at radius 3 is 2.87 bits per heavy atom. The molecule has 0 aliphatic heterocycles. The Kier molecular flexibility index (Phi) is 2.02. The summed E-state index contributed by atoms with van der Waals surface area (Å²) in [6.07, 6.45) is 3.87. The largest absolute Gasteiger partial charge is 0.0622 e. The average molecular weight is 196 g/mol. The Balaban J connectivity index is 2.25. The lowest BCUT2D eigenvalue weighted by atomic mass is 9.82. The van der Waals surface area contributed by atoms with Crippen LogP contribution in [0.3, 0.4) is 0 Å². The fourth-order valence-electron chi connectivity index (χ4n) is 2.74. The normalized spacial score (nSPS) is 20.2. The molecule has 0 amide bonds. The second kappa shape index (κ2) is 3.37. The molecule has 2 aromatic rings. The van der Waals surface area contributed by atoms with E-state index in [9.17, 15) is 0 Å². The summed E-state index contributed by atoms with van der Waals surface area (Å²) in [5.41, 5.74) is 3.18. The molecule has 0 heteroatoms. The van der Waals surface area contributed by atoms with Gasteiger partial charge in [0.05, 0.1) is 0 Å². The Labute approximate surface area is 90.9 Å². The minimum atomic E-state index is 0.860. The zero-order valence-corrected chi connectivity index (χ0v) is 9.16. The molecule has 0 N–H and O–H groups in total. The third-order valence-electron chi connectivity index (χ3n) is 3.59. The fraction of sp³-hybridized carbons (Fsp3) is 0.333. The summed E-state index contributed by atoms with van der Waals surface area (Å²) in [6, 6.07) is 13.4. The molecule has 0 heterocycles. The molecule has 1 aliphatic carbocycles. The fourth-order valence-corrected chi connectivity index (χ4v) is 2.74. The van der Waals surface area contributed by atoms with Gasteiger partial charge in [0.15, 0.2) is 0 Å². The molecule has 15 heavy (non-hydrogen) atoms. The van der Waals surface area contributed by atoms with Crippen molar-refractivity contribution in [1.82, 2.24) is 0 Å². The van der Waals surface area contributed by atoms with Crippen LogP contribution in [0.25, 0.3) is 10.8 Å². The highest BCUT2D eigenvalue weighted by Crippen LogP contribution is 2.31. The topological polar surface area (TPSA) is 0 Å². The van der Waals surface area contributed by atoms with Gasteiger partial charge in [-0.15, -0.1) is 0 Å². The molecule has 0 spiro atoms. The summed E-state index contributed by atoms with van der Waals surface area (Å²) >= 11 is 0. The van der Waals surface area contributed by atoms with Crippen LogP contribution in [0.2, 0.25) is 0 Å². The molecule has 76 valence electrons. The van der Waals surface area contributed by atoms with Crippen molar-refractivity contribution in [3.05, 3.63) is 47.5 Å². The summed E-state index contributed by atoms with van der Waals surface area (Å²) in [7, 11) is 0. The van der Waals surface area contributed by atoms with E-state index in [1.54, 1.807) is 11.1 Å². The third-order valence-corrected chi connectivity index (χ3v) is 3.59. The van der Waals surface area contributed by atoms with Gasteiger partial charge in [-0.1, -0.05) is 43.3 Å². The highest BCUT2D eigenvalue weighted by atomic mass is 14.2. The highest BCUT2D eigenvalue weighted by molar-refractivity contribution is 5.87. The molecule has 0 bridgehead atoms. The monoisotopic (exact) mass is 196 g/mol.